The second-order valence-electron chi connectivity index (χ2n) is 7.03. The molecule has 0 saturated carbocycles. The minimum absolute atomic E-state index is 0.0157. The molecule has 3 N–H and O–H groups in total. The van der Waals surface area contributed by atoms with Crippen LogP contribution in [-0.2, 0) is 17.8 Å². The Kier molecular flexibility index (Phi) is 6.79. The number of hydrogen-bond donors (Lipinski definition) is 2. The Hall–Kier alpha value is -2.70. The van der Waals surface area contributed by atoms with Crippen molar-refractivity contribution in [3.63, 3.8) is 0 Å². The van der Waals surface area contributed by atoms with Crippen LogP contribution < -0.4 is 11.1 Å². The monoisotopic (exact) mass is 380 g/mol. The number of benzene rings is 2. The zero-order valence-corrected chi connectivity index (χ0v) is 16.4. The summed E-state index contributed by atoms with van der Waals surface area (Å²) in [5.41, 5.74) is 9.31. The van der Waals surface area contributed by atoms with E-state index in [4.69, 9.17) is 5.73 Å². The summed E-state index contributed by atoms with van der Waals surface area (Å²) in [5.74, 6) is 0.0163. The molecule has 0 unspecified atom stereocenters. The molecular weight excluding hydrogens is 352 g/mol. The zero-order valence-electron chi connectivity index (χ0n) is 16.4. The fourth-order valence-electron chi connectivity index (χ4n) is 3.42. The van der Waals surface area contributed by atoms with Crippen LogP contribution in [0.2, 0.25) is 0 Å². The van der Waals surface area contributed by atoms with E-state index in [0.717, 1.165) is 23.2 Å². The molecule has 0 atom stereocenters. The summed E-state index contributed by atoms with van der Waals surface area (Å²) in [6, 6.07) is 15.3. The molecule has 1 saturated heterocycles. The summed E-state index contributed by atoms with van der Waals surface area (Å²) in [4.78, 5) is 29.0. The number of carbonyl (C=O) groups is 2. The quantitative estimate of drug-likeness (QED) is 0.804. The van der Waals surface area contributed by atoms with Gasteiger partial charge in [-0.05, 0) is 35.7 Å². The van der Waals surface area contributed by atoms with Crippen molar-refractivity contribution in [1.29, 1.82) is 0 Å². The summed E-state index contributed by atoms with van der Waals surface area (Å²) >= 11 is 0. The van der Waals surface area contributed by atoms with Crippen LogP contribution in [0.25, 0.3) is 0 Å². The Morgan fingerprint density at radius 3 is 2.32 bits per heavy atom. The Bertz CT molecular complexity index is 812. The van der Waals surface area contributed by atoms with Crippen molar-refractivity contribution in [1.82, 2.24) is 9.80 Å². The molecular formula is C22H28N4O2. The second kappa shape index (κ2) is 9.48. The number of nitrogens with one attached hydrogen (secondary N) is 1. The molecule has 0 spiro atoms. The van der Waals surface area contributed by atoms with E-state index in [9.17, 15) is 9.59 Å². The molecule has 148 valence electrons. The maximum atomic E-state index is 12.6. The van der Waals surface area contributed by atoms with Crippen molar-refractivity contribution >= 4 is 17.5 Å². The molecule has 0 aliphatic carbocycles. The van der Waals surface area contributed by atoms with E-state index in [1.54, 1.807) is 0 Å². The van der Waals surface area contributed by atoms with Gasteiger partial charge in [-0.1, -0.05) is 37.3 Å². The van der Waals surface area contributed by atoms with Crippen molar-refractivity contribution in [3.8, 4) is 0 Å². The summed E-state index contributed by atoms with van der Waals surface area (Å²) in [5, 5.41) is 3.01. The third-order valence-corrected chi connectivity index (χ3v) is 5.14. The molecule has 2 aromatic rings. The van der Waals surface area contributed by atoms with Gasteiger partial charge < -0.3 is 16.0 Å². The largest absolute Gasteiger partial charge is 0.336 e. The molecule has 1 heterocycles. The van der Waals surface area contributed by atoms with Crippen molar-refractivity contribution in [2.24, 2.45) is 5.73 Å². The van der Waals surface area contributed by atoms with Crippen LogP contribution in [0, 0.1) is 0 Å². The number of aryl methyl sites for hydroxylation is 1. The molecule has 6 heteroatoms. The van der Waals surface area contributed by atoms with Crippen LogP contribution in [-0.4, -0.2) is 54.3 Å². The van der Waals surface area contributed by atoms with Crippen molar-refractivity contribution in [3.05, 3.63) is 65.2 Å². The van der Waals surface area contributed by atoms with Gasteiger partial charge in [0, 0.05) is 44.0 Å². The van der Waals surface area contributed by atoms with Gasteiger partial charge in [0.2, 0.25) is 5.91 Å². The normalized spacial score (nSPS) is 14.7. The van der Waals surface area contributed by atoms with Crippen LogP contribution in [0.5, 0.6) is 0 Å². The highest BCUT2D eigenvalue weighted by molar-refractivity contribution is 5.94. The molecule has 28 heavy (non-hydrogen) atoms. The van der Waals surface area contributed by atoms with Crippen molar-refractivity contribution < 1.29 is 9.59 Å². The van der Waals surface area contributed by atoms with Gasteiger partial charge in [0.05, 0.1) is 6.54 Å². The van der Waals surface area contributed by atoms with Gasteiger partial charge in [-0.3, -0.25) is 14.5 Å². The molecule has 1 aliphatic heterocycles. The first-order valence-electron chi connectivity index (χ1n) is 9.79. The molecule has 6 nitrogen and oxygen atoms in total. The van der Waals surface area contributed by atoms with Crippen LogP contribution in [0.15, 0.2) is 48.5 Å². The SMILES string of the molecule is CCc1ccccc1NC(=O)CN1CCN(C(=O)c2ccc(CN)cc2)CC1. The smallest absolute Gasteiger partial charge is 0.253 e. The molecule has 2 amide bonds. The number of piperazine rings is 1. The predicted molar refractivity (Wildman–Crippen MR) is 111 cm³/mol. The Balaban J connectivity index is 1.49. The lowest BCUT2D eigenvalue weighted by atomic mass is 10.1. The van der Waals surface area contributed by atoms with Gasteiger partial charge in [-0.15, -0.1) is 0 Å². The molecule has 0 aromatic heterocycles. The van der Waals surface area contributed by atoms with E-state index >= 15 is 0 Å². The van der Waals surface area contributed by atoms with Crippen molar-refractivity contribution in [2.75, 3.05) is 38.0 Å². The van der Waals surface area contributed by atoms with E-state index in [1.165, 1.54) is 0 Å². The number of amides is 2. The maximum absolute atomic E-state index is 12.6. The van der Waals surface area contributed by atoms with Gasteiger partial charge in [0.1, 0.15) is 0 Å². The first-order valence-corrected chi connectivity index (χ1v) is 9.79. The number of nitrogens with zero attached hydrogens (tertiary/aromatic N) is 2. The van der Waals surface area contributed by atoms with Gasteiger partial charge in [0.25, 0.3) is 5.91 Å². The lowest BCUT2D eigenvalue weighted by Crippen LogP contribution is -2.50. The summed E-state index contributed by atoms with van der Waals surface area (Å²) < 4.78 is 0. The number of hydrogen-bond acceptors (Lipinski definition) is 4. The Labute approximate surface area is 166 Å². The predicted octanol–water partition coefficient (Wildman–Crippen LogP) is 2.10. The number of nitrogens with two attached hydrogens (primary N) is 1. The summed E-state index contributed by atoms with van der Waals surface area (Å²) in [7, 11) is 0. The first kappa shape index (κ1) is 20.0. The molecule has 0 bridgehead atoms. The van der Waals surface area contributed by atoms with Crippen LogP contribution in [0.4, 0.5) is 5.69 Å². The summed E-state index contributed by atoms with van der Waals surface area (Å²) in [6.07, 6.45) is 0.878. The third kappa shape index (κ3) is 4.97. The lowest BCUT2D eigenvalue weighted by Gasteiger charge is -2.34. The number of rotatable bonds is 6. The van der Waals surface area contributed by atoms with Gasteiger partial charge >= 0.3 is 0 Å². The standard InChI is InChI=1S/C22H28N4O2/c1-2-18-5-3-4-6-20(18)24-21(27)16-25-11-13-26(14-12-25)22(28)19-9-7-17(15-23)8-10-19/h3-10H,2,11-16,23H2,1H3,(H,24,27). The van der Waals surface area contributed by atoms with E-state index in [-0.39, 0.29) is 11.8 Å². The van der Waals surface area contributed by atoms with E-state index in [0.29, 0.717) is 44.8 Å². The highest BCUT2D eigenvalue weighted by Gasteiger charge is 2.23. The fraction of sp³-hybridized carbons (Fsp3) is 0.364. The zero-order chi connectivity index (χ0) is 19.9. The maximum Gasteiger partial charge on any atom is 0.253 e. The number of anilines is 1. The topological polar surface area (TPSA) is 78.7 Å². The summed E-state index contributed by atoms with van der Waals surface area (Å²) in [6.45, 7) is 5.51. The average molecular weight is 380 g/mol. The Morgan fingerprint density at radius 1 is 1.00 bits per heavy atom. The molecule has 3 rings (SSSR count). The van der Waals surface area contributed by atoms with Gasteiger partial charge in [-0.2, -0.15) is 0 Å². The highest BCUT2D eigenvalue weighted by atomic mass is 16.2. The van der Waals surface area contributed by atoms with E-state index in [1.807, 2.05) is 53.4 Å². The van der Waals surface area contributed by atoms with Crippen LogP contribution >= 0.6 is 0 Å². The first-order chi connectivity index (χ1) is 13.6. The minimum Gasteiger partial charge on any atom is -0.336 e. The van der Waals surface area contributed by atoms with Gasteiger partial charge in [0.15, 0.2) is 0 Å². The van der Waals surface area contributed by atoms with Crippen molar-refractivity contribution in [2.45, 2.75) is 19.9 Å². The van der Waals surface area contributed by atoms with E-state index in [2.05, 4.69) is 17.1 Å². The molecule has 1 fully saturated rings. The third-order valence-electron chi connectivity index (χ3n) is 5.14. The number of carbonyl (C=O) groups excluding carboxylic acids is 2. The average Bonchev–Trinajstić information content (AvgIpc) is 2.74. The van der Waals surface area contributed by atoms with Crippen LogP contribution in [0.1, 0.15) is 28.4 Å². The van der Waals surface area contributed by atoms with E-state index < -0.39 is 0 Å². The van der Waals surface area contributed by atoms with Gasteiger partial charge in [-0.25, -0.2) is 0 Å². The molecule has 1 aliphatic rings. The fourth-order valence-corrected chi connectivity index (χ4v) is 3.42. The second-order valence-corrected chi connectivity index (χ2v) is 7.03. The highest BCUT2D eigenvalue weighted by Crippen LogP contribution is 2.16. The molecule has 2 aromatic carbocycles. The molecule has 0 radical (unpaired) electrons. The Morgan fingerprint density at radius 2 is 1.68 bits per heavy atom. The van der Waals surface area contributed by atoms with Crippen LogP contribution in [0.3, 0.4) is 0 Å². The minimum atomic E-state index is -0.0157. The number of para-hydroxylation sites is 1. The lowest BCUT2D eigenvalue weighted by molar-refractivity contribution is -0.117.